The third-order valence-electron chi connectivity index (χ3n) is 3.96. The number of halogens is 3. The highest BCUT2D eigenvalue weighted by Crippen LogP contribution is 2.38. The largest absolute Gasteiger partial charge is 0.394 e. The first kappa shape index (κ1) is 20.7. The maximum atomic E-state index is 10.3. The zero-order valence-corrected chi connectivity index (χ0v) is 17.2. The molecule has 0 bridgehead atoms. The lowest BCUT2D eigenvalue weighted by molar-refractivity contribution is -0.355. The summed E-state index contributed by atoms with van der Waals surface area (Å²) in [5.41, 5.74) is 0. The first-order valence-electron chi connectivity index (χ1n) is 6.91. The van der Waals surface area contributed by atoms with Crippen molar-refractivity contribution in [1.82, 2.24) is 0 Å². The minimum absolute atomic E-state index is 0.149. The second-order valence-electron chi connectivity index (χ2n) is 5.46. The molecule has 0 aromatic carbocycles. The van der Waals surface area contributed by atoms with Crippen LogP contribution in [0.4, 0.5) is 0 Å². The van der Waals surface area contributed by atoms with E-state index >= 15 is 0 Å². The van der Waals surface area contributed by atoms with Crippen molar-refractivity contribution in [1.29, 1.82) is 0 Å². The molecule has 0 amide bonds. The fourth-order valence-electron chi connectivity index (χ4n) is 2.56. The molecule has 0 aliphatic carbocycles. The fraction of sp³-hybridized carbons (Fsp3) is 1.00. The molecule has 2 heterocycles. The molecule has 2 saturated heterocycles. The number of alkyl halides is 3. The highest BCUT2D eigenvalue weighted by molar-refractivity contribution is 14.1. The molecule has 136 valence electrons. The van der Waals surface area contributed by atoms with Crippen LogP contribution in [0.2, 0.25) is 0 Å². The Balaban J connectivity index is 2.18. The predicted molar refractivity (Wildman–Crippen MR) is 93.9 cm³/mol. The number of aliphatic hydroxyl groups is 5. The van der Waals surface area contributed by atoms with E-state index in [0.717, 1.165) is 0 Å². The van der Waals surface area contributed by atoms with Crippen molar-refractivity contribution >= 4 is 54.5 Å². The maximum Gasteiger partial charge on any atom is 0.209 e. The summed E-state index contributed by atoms with van der Waals surface area (Å²) in [6, 6.07) is 0. The second kappa shape index (κ2) is 8.37. The van der Waals surface area contributed by atoms with Crippen LogP contribution in [0.15, 0.2) is 0 Å². The van der Waals surface area contributed by atoms with E-state index in [1.54, 1.807) is 0 Å². The Hall–Kier alpha value is 1.37. The Morgan fingerprint density at radius 3 is 2.22 bits per heavy atom. The molecule has 0 spiro atoms. The summed E-state index contributed by atoms with van der Waals surface area (Å²) in [7, 11) is 0. The van der Waals surface area contributed by atoms with Gasteiger partial charge in [0.05, 0.1) is 34.2 Å². The molecule has 23 heavy (non-hydrogen) atoms. The SMILES string of the molecule is OC[C@H]1O[C@H](O[C@]2(CI)O[C@H](CBr)[C@@H](O)[C@@H]2O)[C@H](O)[C@@H](O)[C@@H]1Br. The van der Waals surface area contributed by atoms with Gasteiger partial charge in [-0.15, -0.1) is 0 Å². The molecule has 0 aromatic heterocycles. The van der Waals surface area contributed by atoms with Crippen LogP contribution in [0.1, 0.15) is 0 Å². The number of hydrogen-bond acceptors (Lipinski definition) is 8. The van der Waals surface area contributed by atoms with Gasteiger partial charge in [-0.1, -0.05) is 54.5 Å². The van der Waals surface area contributed by atoms with Crippen molar-refractivity contribution in [2.75, 3.05) is 16.4 Å². The Kier molecular flexibility index (Phi) is 7.53. The first-order valence-corrected chi connectivity index (χ1v) is 10.5. The Morgan fingerprint density at radius 1 is 1.09 bits per heavy atom. The van der Waals surface area contributed by atoms with E-state index in [0.29, 0.717) is 0 Å². The zero-order chi connectivity index (χ0) is 17.4. The lowest BCUT2D eigenvalue weighted by Crippen LogP contribution is -2.61. The smallest absolute Gasteiger partial charge is 0.209 e. The van der Waals surface area contributed by atoms with E-state index < -0.39 is 60.1 Å². The van der Waals surface area contributed by atoms with Gasteiger partial charge >= 0.3 is 0 Å². The minimum Gasteiger partial charge on any atom is -0.394 e. The highest BCUT2D eigenvalue weighted by atomic mass is 127. The average molecular weight is 578 g/mol. The van der Waals surface area contributed by atoms with Crippen LogP contribution in [0.3, 0.4) is 0 Å². The van der Waals surface area contributed by atoms with Crippen molar-refractivity contribution < 1.29 is 39.7 Å². The van der Waals surface area contributed by atoms with Crippen LogP contribution in [0.25, 0.3) is 0 Å². The second-order valence-corrected chi connectivity index (χ2v) is 7.93. The molecule has 2 aliphatic rings. The van der Waals surface area contributed by atoms with Gasteiger partial charge < -0.3 is 39.7 Å². The minimum atomic E-state index is -1.59. The topological polar surface area (TPSA) is 129 Å². The van der Waals surface area contributed by atoms with Gasteiger partial charge in [-0.25, -0.2) is 0 Å². The van der Waals surface area contributed by atoms with Crippen molar-refractivity contribution in [2.24, 2.45) is 0 Å². The Bertz CT molecular complexity index is 405. The third-order valence-corrected chi connectivity index (χ3v) is 6.79. The van der Waals surface area contributed by atoms with Crippen LogP contribution in [0.5, 0.6) is 0 Å². The lowest BCUT2D eigenvalue weighted by Gasteiger charge is -2.43. The van der Waals surface area contributed by atoms with Crippen LogP contribution in [-0.4, -0.2) is 95.4 Å². The summed E-state index contributed by atoms with van der Waals surface area (Å²) >= 11 is 8.27. The molecule has 0 saturated carbocycles. The number of ether oxygens (including phenoxy) is 3. The van der Waals surface area contributed by atoms with Crippen molar-refractivity contribution in [3.63, 3.8) is 0 Å². The summed E-state index contributed by atoms with van der Waals surface area (Å²) < 4.78 is 16.9. The summed E-state index contributed by atoms with van der Waals surface area (Å²) in [4.78, 5) is -0.673. The first-order chi connectivity index (χ1) is 10.8. The van der Waals surface area contributed by atoms with Gasteiger partial charge in [0.25, 0.3) is 0 Å². The maximum absolute atomic E-state index is 10.3. The van der Waals surface area contributed by atoms with Gasteiger partial charge in [-0.2, -0.15) is 0 Å². The number of rotatable bonds is 5. The molecule has 9 atom stereocenters. The van der Waals surface area contributed by atoms with Gasteiger partial charge in [0, 0.05) is 5.33 Å². The summed E-state index contributed by atoms with van der Waals surface area (Å²) in [6.45, 7) is -0.396. The van der Waals surface area contributed by atoms with E-state index in [1.165, 1.54) is 0 Å². The predicted octanol–water partition coefficient (Wildman–Crippen LogP) is -1.15. The normalized spacial score (nSPS) is 51.1. The third kappa shape index (κ3) is 3.89. The molecule has 2 fully saturated rings. The van der Waals surface area contributed by atoms with E-state index in [2.05, 4.69) is 31.9 Å². The van der Waals surface area contributed by atoms with Gasteiger partial charge in [-0.05, 0) is 0 Å². The monoisotopic (exact) mass is 576 g/mol. The van der Waals surface area contributed by atoms with E-state index in [9.17, 15) is 25.5 Å². The molecular formula is C12H19Br2IO8. The summed E-state index contributed by atoms with van der Waals surface area (Å²) in [6.07, 6.45) is -8.02. The molecule has 5 N–H and O–H groups in total. The van der Waals surface area contributed by atoms with Gasteiger partial charge in [-0.3, -0.25) is 0 Å². The molecule has 8 nitrogen and oxygen atoms in total. The molecule has 2 aliphatic heterocycles. The van der Waals surface area contributed by atoms with Crippen LogP contribution in [0, 0.1) is 0 Å². The average Bonchev–Trinajstić information content (AvgIpc) is 2.80. The molecule has 11 heteroatoms. The standard InChI is InChI=1S/C12H19Br2IO8/c13-1-4-7(17)10(20)12(3-15,22-4)23-11-9(19)8(18)6(14)5(2-16)21-11/h4-11,16-20H,1-3H2/t4-,5-,6-,7-,8+,9-,10+,11-,12+/m1/s1. The van der Waals surface area contributed by atoms with Gasteiger partial charge in [0.15, 0.2) is 6.29 Å². The Morgan fingerprint density at radius 2 is 1.74 bits per heavy atom. The van der Waals surface area contributed by atoms with E-state index in [-0.39, 0.29) is 9.76 Å². The molecule has 0 radical (unpaired) electrons. The number of hydrogen-bond donors (Lipinski definition) is 5. The Labute approximate surface area is 163 Å². The highest BCUT2D eigenvalue weighted by Gasteiger charge is 2.57. The fourth-order valence-corrected chi connectivity index (χ4v) is 4.49. The molecule has 0 unspecified atom stereocenters. The summed E-state index contributed by atoms with van der Waals surface area (Å²) in [5.74, 6) is -1.59. The quantitative estimate of drug-likeness (QED) is 0.205. The number of aliphatic hydroxyl groups excluding tert-OH is 5. The van der Waals surface area contributed by atoms with Crippen molar-refractivity contribution in [2.45, 2.75) is 53.5 Å². The zero-order valence-electron chi connectivity index (χ0n) is 11.8. The van der Waals surface area contributed by atoms with E-state index in [4.69, 9.17) is 14.2 Å². The van der Waals surface area contributed by atoms with Crippen molar-refractivity contribution in [3.8, 4) is 0 Å². The van der Waals surface area contributed by atoms with Crippen molar-refractivity contribution in [3.05, 3.63) is 0 Å². The molecule has 2 rings (SSSR count). The molecular weight excluding hydrogens is 559 g/mol. The summed E-state index contributed by atoms with van der Waals surface area (Å²) in [5, 5.41) is 50.1. The van der Waals surface area contributed by atoms with Crippen LogP contribution in [-0.2, 0) is 14.2 Å². The van der Waals surface area contributed by atoms with Gasteiger partial charge in [0.1, 0.15) is 18.3 Å². The lowest BCUT2D eigenvalue weighted by atomic mass is 10.0. The van der Waals surface area contributed by atoms with Crippen LogP contribution >= 0.6 is 54.5 Å². The van der Waals surface area contributed by atoms with E-state index in [1.807, 2.05) is 22.6 Å². The van der Waals surface area contributed by atoms with Crippen LogP contribution < -0.4 is 0 Å². The molecule has 0 aromatic rings. The van der Waals surface area contributed by atoms with Gasteiger partial charge in [0.2, 0.25) is 5.79 Å².